The summed E-state index contributed by atoms with van der Waals surface area (Å²) in [7, 11) is 0. The molecule has 0 aromatic carbocycles. The van der Waals surface area contributed by atoms with Gasteiger partial charge in [-0.25, -0.2) is 0 Å². The number of carbonyl (C=O) groups is 2. The van der Waals surface area contributed by atoms with Crippen molar-refractivity contribution in [3.8, 4) is 0 Å². The maximum absolute atomic E-state index is 11.7. The van der Waals surface area contributed by atoms with Crippen LogP contribution in [-0.2, 0) is 9.59 Å². The highest BCUT2D eigenvalue weighted by atomic mass is 16.1. The van der Waals surface area contributed by atoms with Crippen molar-refractivity contribution in [3.63, 3.8) is 0 Å². The van der Waals surface area contributed by atoms with Crippen molar-refractivity contribution in [1.29, 1.82) is 0 Å². The molecule has 0 amide bonds. The highest BCUT2D eigenvalue weighted by Gasteiger charge is 2.24. The molecule has 14 heavy (non-hydrogen) atoms. The highest BCUT2D eigenvalue weighted by molar-refractivity contribution is 6.01. The van der Waals surface area contributed by atoms with Crippen LogP contribution in [0.25, 0.3) is 0 Å². The van der Waals surface area contributed by atoms with E-state index < -0.39 is 0 Å². The summed E-state index contributed by atoms with van der Waals surface area (Å²) >= 11 is 0. The average molecular weight is 194 g/mol. The normalized spacial score (nSPS) is 17.9. The molecular weight excluding hydrogens is 176 g/mol. The lowest BCUT2D eigenvalue weighted by molar-refractivity contribution is -0.127. The summed E-state index contributed by atoms with van der Waals surface area (Å²) in [6.07, 6.45) is 4.74. The summed E-state index contributed by atoms with van der Waals surface area (Å²) < 4.78 is 0. The van der Waals surface area contributed by atoms with E-state index in [2.05, 4.69) is 0 Å². The molecule has 0 aromatic heterocycles. The molecule has 0 aromatic rings. The van der Waals surface area contributed by atoms with Crippen LogP contribution < -0.4 is 0 Å². The Bertz CT molecular complexity index is 279. The van der Waals surface area contributed by atoms with Crippen molar-refractivity contribution in [1.82, 2.24) is 0 Å². The minimum atomic E-state index is -0.335. The molecule has 2 nitrogen and oxygen atoms in total. The fraction of sp³-hybridized carbons (Fsp3) is 0.667. The molecule has 0 aliphatic heterocycles. The Morgan fingerprint density at radius 3 is 2.57 bits per heavy atom. The third-order valence-corrected chi connectivity index (χ3v) is 2.54. The largest absolute Gasteiger partial charge is 0.299 e. The van der Waals surface area contributed by atoms with Gasteiger partial charge in [0.25, 0.3) is 0 Å². The van der Waals surface area contributed by atoms with Crippen molar-refractivity contribution in [2.24, 2.45) is 5.41 Å². The van der Waals surface area contributed by atoms with Crippen LogP contribution >= 0.6 is 0 Å². The molecule has 0 heterocycles. The molecule has 0 atom stereocenters. The lowest BCUT2D eigenvalue weighted by Crippen LogP contribution is -2.22. The molecule has 0 N–H and O–H groups in total. The lowest BCUT2D eigenvalue weighted by Gasteiger charge is -2.18. The summed E-state index contributed by atoms with van der Waals surface area (Å²) in [5.74, 6) is 0.313. The summed E-state index contributed by atoms with van der Waals surface area (Å²) in [4.78, 5) is 23.1. The summed E-state index contributed by atoms with van der Waals surface area (Å²) in [6, 6.07) is 0. The summed E-state index contributed by atoms with van der Waals surface area (Å²) in [5.41, 5.74) is 0.398. The van der Waals surface area contributed by atoms with E-state index in [0.29, 0.717) is 12.8 Å². The van der Waals surface area contributed by atoms with Crippen molar-refractivity contribution in [2.45, 2.75) is 46.5 Å². The SMILES string of the molecule is CC(C)(C)C(=O)CC1=CCCCC1=O. The molecule has 0 saturated heterocycles. The Balaban J connectivity index is 2.64. The minimum Gasteiger partial charge on any atom is -0.299 e. The molecule has 0 unspecified atom stereocenters. The van der Waals surface area contributed by atoms with Crippen LogP contribution in [0.3, 0.4) is 0 Å². The van der Waals surface area contributed by atoms with E-state index >= 15 is 0 Å². The van der Waals surface area contributed by atoms with Crippen LogP contribution in [0.5, 0.6) is 0 Å². The first-order valence-corrected chi connectivity index (χ1v) is 5.17. The first kappa shape index (κ1) is 11.2. The molecule has 0 radical (unpaired) electrons. The zero-order chi connectivity index (χ0) is 10.8. The van der Waals surface area contributed by atoms with Crippen LogP contribution in [0.2, 0.25) is 0 Å². The second kappa shape index (κ2) is 4.07. The summed E-state index contributed by atoms with van der Waals surface area (Å²) in [6.45, 7) is 5.68. The number of hydrogen-bond donors (Lipinski definition) is 0. The third kappa shape index (κ3) is 2.79. The van der Waals surface area contributed by atoms with Gasteiger partial charge in [0.05, 0.1) is 0 Å². The Morgan fingerprint density at radius 2 is 2.07 bits per heavy atom. The fourth-order valence-corrected chi connectivity index (χ4v) is 1.42. The van der Waals surface area contributed by atoms with Crippen molar-refractivity contribution < 1.29 is 9.59 Å². The molecule has 0 bridgehead atoms. The van der Waals surface area contributed by atoms with Crippen LogP contribution in [0, 0.1) is 5.41 Å². The molecule has 0 saturated carbocycles. The number of hydrogen-bond acceptors (Lipinski definition) is 2. The predicted molar refractivity (Wildman–Crippen MR) is 56.0 cm³/mol. The predicted octanol–water partition coefficient (Wildman–Crippen LogP) is 2.67. The average Bonchev–Trinajstić information content (AvgIpc) is 2.07. The van der Waals surface area contributed by atoms with Gasteiger partial charge in [-0.15, -0.1) is 0 Å². The Labute approximate surface area is 85.4 Å². The van der Waals surface area contributed by atoms with Gasteiger partial charge >= 0.3 is 0 Å². The van der Waals surface area contributed by atoms with Gasteiger partial charge in [0.1, 0.15) is 5.78 Å². The van der Waals surface area contributed by atoms with E-state index in [1.165, 1.54) is 0 Å². The maximum Gasteiger partial charge on any atom is 0.159 e. The number of carbonyl (C=O) groups excluding carboxylic acids is 2. The lowest BCUT2D eigenvalue weighted by atomic mass is 9.84. The van der Waals surface area contributed by atoms with Crippen LogP contribution in [0.4, 0.5) is 0 Å². The number of allylic oxidation sites excluding steroid dienone is 2. The number of ketones is 2. The Kier molecular flexibility index (Phi) is 3.25. The quantitative estimate of drug-likeness (QED) is 0.677. The fourth-order valence-electron chi connectivity index (χ4n) is 1.42. The van der Waals surface area contributed by atoms with Gasteiger partial charge < -0.3 is 0 Å². The second-order valence-electron chi connectivity index (χ2n) is 4.89. The van der Waals surface area contributed by atoms with Crippen LogP contribution in [0.1, 0.15) is 46.5 Å². The standard InChI is InChI=1S/C12H18O2/c1-12(2,3)11(14)8-9-6-4-5-7-10(9)13/h6H,4-5,7-8H2,1-3H3. The Morgan fingerprint density at radius 1 is 1.43 bits per heavy atom. The van der Waals surface area contributed by atoms with E-state index in [1.807, 2.05) is 26.8 Å². The minimum absolute atomic E-state index is 0.152. The van der Waals surface area contributed by atoms with Gasteiger partial charge in [0, 0.05) is 18.3 Å². The van der Waals surface area contributed by atoms with Crippen LogP contribution in [0.15, 0.2) is 11.6 Å². The molecule has 1 aliphatic rings. The number of rotatable bonds is 2. The van der Waals surface area contributed by atoms with Crippen molar-refractivity contribution >= 4 is 11.6 Å². The molecule has 78 valence electrons. The molecule has 2 heteroatoms. The van der Waals surface area contributed by atoms with Crippen molar-refractivity contribution in [3.05, 3.63) is 11.6 Å². The van der Waals surface area contributed by atoms with E-state index in [1.54, 1.807) is 0 Å². The highest BCUT2D eigenvalue weighted by Crippen LogP contribution is 2.23. The van der Waals surface area contributed by atoms with Gasteiger partial charge in [0.2, 0.25) is 0 Å². The zero-order valence-corrected chi connectivity index (χ0v) is 9.22. The first-order valence-electron chi connectivity index (χ1n) is 5.17. The van der Waals surface area contributed by atoms with E-state index in [9.17, 15) is 9.59 Å². The number of Topliss-reactive ketones (excluding diaryl/α,β-unsaturated/α-hetero) is 2. The zero-order valence-electron chi connectivity index (χ0n) is 9.22. The Hall–Kier alpha value is -0.920. The molecule has 1 rings (SSSR count). The smallest absolute Gasteiger partial charge is 0.159 e. The van der Waals surface area contributed by atoms with Gasteiger partial charge in [0.15, 0.2) is 5.78 Å². The third-order valence-electron chi connectivity index (χ3n) is 2.54. The van der Waals surface area contributed by atoms with Gasteiger partial charge in [-0.1, -0.05) is 26.8 Å². The van der Waals surface area contributed by atoms with E-state index in [-0.39, 0.29) is 17.0 Å². The van der Waals surface area contributed by atoms with E-state index in [4.69, 9.17) is 0 Å². The molecule has 0 fully saturated rings. The van der Waals surface area contributed by atoms with Gasteiger partial charge in [-0.2, -0.15) is 0 Å². The summed E-state index contributed by atoms with van der Waals surface area (Å²) in [5, 5.41) is 0. The van der Waals surface area contributed by atoms with Gasteiger partial charge in [-0.3, -0.25) is 9.59 Å². The topological polar surface area (TPSA) is 34.1 Å². The van der Waals surface area contributed by atoms with Crippen molar-refractivity contribution in [2.75, 3.05) is 0 Å². The van der Waals surface area contributed by atoms with Gasteiger partial charge in [-0.05, 0) is 18.4 Å². The first-order chi connectivity index (χ1) is 6.41. The molecule has 0 spiro atoms. The second-order valence-corrected chi connectivity index (χ2v) is 4.89. The monoisotopic (exact) mass is 194 g/mol. The molecule has 1 aliphatic carbocycles. The van der Waals surface area contributed by atoms with Crippen LogP contribution in [-0.4, -0.2) is 11.6 Å². The maximum atomic E-state index is 11.7. The van der Waals surface area contributed by atoms with E-state index in [0.717, 1.165) is 18.4 Å². The molecular formula is C12H18O2.